The molecule has 0 fully saturated rings. The molecule has 0 saturated carbocycles. The minimum absolute atomic E-state index is 0.216. The van der Waals surface area contributed by atoms with Gasteiger partial charge in [-0.05, 0) is 50.1 Å². The van der Waals surface area contributed by atoms with Crippen molar-refractivity contribution in [1.82, 2.24) is 9.97 Å². The molecule has 2 N–H and O–H groups in total. The third kappa shape index (κ3) is 4.57. The van der Waals surface area contributed by atoms with Gasteiger partial charge in [-0.1, -0.05) is 30.3 Å². The standard InChI is InChI=1S/C22H22N4O3/c1-13-8-7-9-14(2)19(13)26-20(27)18-12-15(3)23-22(25-18)24-17-11-6-5-10-16(17)21(28)29-4/h5-12H,1-4H3,(H,26,27)(H,23,24,25). The lowest BCUT2D eigenvalue weighted by atomic mass is 10.1. The van der Waals surface area contributed by atoms with Crippen LogP contribution in [0, 0.1) is 20.8 Å². The van der Waals surface area contributed by atoms with Gasteiger partial charge in [0.05, 0.1) is 18.4 Å². The lowest BCUT2D eigenvalue weighted by Gasteiger charge is -2.13. The zero-order valence-corrected chi connectivity index (χ0v) is 16.7. The normalized spacial score (nSPS) is 10.3. The molecule has 3 aromatic rings. The van der Waals surface area contributed by atoms with Gasteiger partial charge in [-0.3, -0.25) is 4.79 Å². The number of aryl methyl sites for hydroxylation is 3. The second kappa shape index (κ2) is 8.52. The number of aromatic nitrogens is 2. The van der Waals surface area contributed by atoms with Crippen LogP contribution in [0.2, 0.25) is 0 Å². The van der Waals surface area contributed by atoms with Crippen LogP contribution in [0.15, 0.2) is 48.5 Å². The number of carbonyl (C=O) groups excluding carboxylic acids is 2. The van der Waals surface area contributed by atoms with Crippen molar-refractivity contribution in [3.05, 3.63) is 76.6 Å². The van der Waals surface area contributed by atoms with Gasteiger partial charge in [0.25, 0.3) is 5.91 Å². The summed E-state index contributed by atoms with van der Waals surface area (Å²) in [6.45, 7) is 5.64. The highest BCUT2D eigenvalue weighted by Gasteiger charge is 2.16. The summed E-state index contributed by atoms with van der Waals surface area (Å²) >= 11 is 0. The number of hydrogen-bond donors (Lipinski definition) is 2. The molecule has 0 aliphatic carbocycles. The molecule has 1 heterocycles. The number of nitrogens with zero attached hydrogens (tertiary/aromatic N) is 2. The molecule has 0 spiro atoms. The number of methoxy groups -OCH3 is 1. The van der Waals surface area contributed by atoms with Crippen LogP contribution in [0.1, 0.15) is 37.7 Å². The maximum absolute atomic E-state index is 12.8. The Morgan fingerprint density at radius 2 is 1.62 bits per heavy atom. The van der Waals surface area contributed by atoms with Crippen LogP contribution in [-0.4, -0.2) is 29.0 Å². The Morgan fingerprint density at radius 1 is 0.931 bits per heavy atom. The van der Waals surface area contributed by atoms with E-state index in [4.69, 9.17) is 4.74 Å². The molecule has 0 radical (unpaired) electrons. The van der Waals surface area contributed by atoms with Crippen LogP contribution in [0.5, 0.6) is 0 Å². The predicted molar refractivity (Wildman–Crippen MR) is 112 cm³/mol. The third-order valence-corrected chi connectivity index (χ3v) is 4.39. The van der Waals surface area contributed by atoms with Gasteiger partial charge in [-0.15, -0.1) is 0 Å². The topological polar surface area (TPSA) is 93.2 Å². The monoisotopic (exact) mass is 390 g/mol. The van der Waals surface area contributed by atoms with E-state index in [1.54, 1.807) is 37.3 Å². The summed E-state index contributed by atoms with van der Waals surface area (Å²) in [5.74, 6) is -0.598. The number of amides is 1. The molecule has 0 saturated heterocycles. The molecule has 7 nitrogen and oxygen atoms in total. The van der Waals surface area contributed by atoms with Gasteiger partial charge in [-0.2, -0.15) is 0 Å². The Kier molecular flexibility index (Phi) is 5.87. The summed E-state index contributed by atoms with van der Waals surface area (Å²) < 4.78 is 4.81. The number of para-hydroxylation sites is 2. The van der Waals surface area contributed by atoms with E-state index in [9.17, 15) is 9.59 Å². The Morgan fingerprint density at radius 3 is 2.31 bits per heavy atom. The first-order valence-electron chi connectivity index (χ1n) is 9.06. The Labute approximate surface area is 169 Å². The quantitative estimate of drug-likeness (QED) is 0.635. The SMILES string of the molecule is COC(=O)c1ccccc1Nc1nc(C)cc(C(=O)Nc2c(C)cccc2C)n1. The van der Waals surface area contributed by atoms with Crippen molar-refractivity contribution in [2.75, 3.05) is 17.7 Å². The lowest BCUT2D eigenvalue weighted by molar-refractivity contribution is 0.0601. The zero-order valence-electron chi connectivity index (χ0n) is 16.7. The van der Waals surface area contributed by atoms with Gasteiger partial charge in [0.1, 0.15) is 5.69 Å². The van der Waals surface area contributed by atoms with Gasteiger partial charge < -0.3 is 15.4 Å². The van der Waals surface area contributed by atoms with Crippen LogP contribution in [0.25, 0.3) is 0 Å². The van der Waals surface area contributed by atoms with E-state index >= 15 is 0 Å². The van der Waals surface area contributed by atoms with Crippen LogP contribution in [0.3, 0.4) is 0 Å². The van der Waals surface area contributed by atoms with Crippen molar-refractivity contribution in [2.45, 2.75) is 20.8 Å². The first-order chi connectivity index (χ1) is 13.9. The number of hydrogen-bond acceptors (Lipinski definition) is 6. The summed E-state index contributed by atoms with van der Waals surface area (Å²) in [5, 5.41) is 5.93. The molecule has 7 heteroatoms. The molecular weight excluding hydrogens is 368 g/mol. The van der Waals surface area contributed by atoms with Gasteiger partial charge >= 0.3 is 5.97 Å². The van der Waals surface area contributed by atoms with E-state index in [1.807, 2.05) is 32.0 Å². The molecule has 0 aliphatic heterocycles. The molecule has 0 aliphatic rings. The van der Waals surface area contributed by atoms with Crippen molar-refractivity contribution in [1.29, 1.82) is 0 Å². The summed E-state index contributed by atoms with van der Waals surface area (Å²) in [6.07, 6.45) is 0. The second-order valence-corrected chi connectivity index (χ2v) is 6.60. The van der Waals surface area contributed by atoms with Crippen LogP contribution in [0.4, 0.5) is 17.3 Å². The fourth-order valence-corrected chi connectivity index (χ4v) is 2.93. The molecule has 0 unspecified atom stereocenters. The molecule has 2 aromatic carbocycles. The predicted octanol–water partition coefficient (Wildman–Crippen LogP) is 4.18. The van der Waals surface area contributed by atoms with E-state index in [1.165, 1.54) is 7.11 Å². The number of esters is 1. The maximum atomic E-state index is 12.8. The Bertz CT molecular complexity index is 1060. The molecule has 1 aromatic heterocycles. The lowest BCUT2D eigenvalue weighted by Crippen LogP contribution is -2.17. The minimum atomic E-state index is -0.478. The van der Waals surface area contributed by atoms with E-state index in [0.29, 0.717) is 16.9 Å². The highest BCUT2D eigenvalue weighted by atomic mass is 16.5. The van der Waals surface area contributed by atoms with Crippen molar-refractivity contribution in [3.63, 3.8) is 0 Å². The molecule has 0 bridgehead atoms. The number of ether oxygens (including phenoxy) is 1. The van der Waals surface area contributed by atoms with Gasteiger partial charge in [0.2, 0.25) is 5.95 Å². The summed E-state index contributed by atoms with van der Waals surface area (Å²) in [5.41, 5.74) is 4.37. The highest BCUT2D eigenvalue weighted by molar-refractivity contribution is 6.04. The average molecular weight is 390 g/mol. The van der Waals surface area contributed by atoms with Gasteiger partial charge in [0.15, 0.2) is 0 Å². The zero-order chi connectivity index (χ0) is 21.0. The number of carbonyl (C=O) groups is 2. The van der Waals surface area contributed by atoms with E-state index in [0.717, 1.165) is 16.8 Å². The number of benzene rings is 2. The van der Waals surface area contributed by atoms with Crippen molar-refractivity contribution >= 4 is 29.2 Å². The summed E-state index contributed by atoms with van der Waals surface area (Å²) in [4.78, 5) is 33.4. The highest BCUT2D eigenvalue weighted by Crippen LogP contribution is 2.22. The average Bonchev–Trinajstić information content (AvgIpc) is 2.70. The van der Waals surface area contributed by atoms with Gasteiger partial charge in [0, 0.05) is 11.4 Å². The van der Waals surface area contributed by atoms with E-state index in [-0.39, 0.29) is 17.5 Å². The van der Waals surface area contributed by atoms with Crippen LogP contribution in [-0.2, 0) is 4.74 Å². The number of anilines is 3. The first kappa shape index (κ1) is 20.0. The summed E-state index contributed by atoms with van der Waals surface area (Å²) in [7, 11) is 1.32. The largest absolute Gasteiger partial charge is 0.465 e. The molecule has 29 heavy (non-hydrogen) atoms. The minimum Gasteiger partial charge on any atom is -0.465 e. The fourth-order valence-electron chi connectivity index (χ4n) is 2.93. The van der Waals surface area contributed by atoms with Crippen LogP contribution >= 0.6 is 0 Å². The smallest absolute Gasteiger partial charge is 0.339 e. The second-order valence-electron chi connectivity index (χ2n) is 6.60. The molecule has 0 atom stereocenters. The third-order valence-electron chi connectivity index (χ3n) is 4.39. The Hall–Kier alpha value is -3.74. The van der Waals surface area contributed by atoms with Crippen LogP contribution < -0.4 is 10.6 Å². The number of rotatable bonds is 5. The maximum Gasteiger partial charge on any atom is 0.339 e. The first-order valence-corrected chi connectivity index (χ1v) is 9.06. The van der Waals surface area contributed by atoms with Crippen molar-refractivity contribution in [2.24, 2.45) is 0 Å². The number of nitrogens with one attached hydrogen (secondary N) is 2. The molecule has 1 amide bonds. The Balaban J connectivity index is 1.89. The van der Waals surface area contributed by atoms with Crippen molar-refractivity contribution < 1.29 is 14.3 Å². The van der Waals surface area contributed by atoms with Gasteiger partial charge in [-0.25, -0.2) is 14.8 Å². The van der Waals surface area contributed by atoms with E-state index < -0.39 is 5.97 Å². The van der Waals surface area contributed by atoms with E-state index in [2.05, 4.69) is 20.6 Å². The summed E-state index contributed by atoms with van der Waals surface area (Å²) in [6, 6.07) is 14.3. The molecular formula is C22H22N4O3. The van der Waals surface area contributed by atoms with Crippen molar-refractivity contribution in [3.8, 4) is 0 Å². The fraction of sp³-hybridized carbons (Fsp3) is 0.182. The molecule has 148 valence electrons. The molecule has 3 rings (SSSR count).